The average molecular weight is 228 g/mol. The first-order chi connectivity index (χ1) is 8.38. The van der Waals surface area contributed by atoms with E-state index in [1.165, 1.54) is 30.4 Å². The zero-order valence-corrected chi connectivity index (χ0v) is 10.5. The quantitative estimate of drug-likeness (QED) is 0.692. The van der Waals surface area contributed by atoms with Gasteiger partial charge in [-0.15, -0.1) is 0 Å². The fraction of sp³-hybridized carbons (Fsp3) is 0.400. The van der Waals surface area contributed by atoms with Crippen molar-refractivity contribution in [2.75, 3.05) is 0 Å². The van der Waals surface area contributed by atoms with Gasteiger partial charge >= 0.3 is 0 Å². The number of imidazole rings is 1. The second-order valence-electron chi connectivity index (χ2n) is 4.43. The molecule has 1 aromatic carbocycles. The predicted octanol–water partition coefficient (Wildman–Crippen LogP) is 3.47. The van der Waals surface area contributed by atoms with Crippen LogP contribution in [0.25, 0.3) is 0 Å². The molecular formula is C15H20N2. The van der Waals surface area contributed by atoms with Crippen molar-refractivity contribution < 1.29 is 0 Å². The maximum Gasteiger partial charge on any atom is 0.0945 e. The highest BCUT2D eigenvalue weighted by Gasteiger charge is 1.95. The first-order valence-corrected chi connectivity index (χ1v) is 6.42. The maximum atomic E-state index is 4.04. The van der Waals surface area contributed by atoms with Gasteiger partial charge in [0.15, 0.2) is 0 Å². The molecule has 2 rings (SSSR count). The molecule has 1 aromatic heterocycles. The second-order valence-corrected chi connectivity index (χ2v) is 4.43. The Morgan fingerprint density at radius 3 is 2.47 bits per heavy atom. The first-order valence-electron chi connectivity index (χ1n) is 6.42. The zero-order chi connectivity index (χ0) is 11.9. The summed E-state index contributed by atoms with van der Waals surface area (Å²) in [5.74, 6) is 0. The van der Waals surface area contributed by atoms with Crippen LogP contribution < -0.4 is 0 Å². The Balaban J connectivity index is 1.70. The molecule has 0 radical (unpaired) electrons. The molecule has 0 fully saturated rings. The molecule has 0 atom stereocenters. The summed E-state index contributed by atoms with van der Waals surface area (Å²) in [6.45, 7) is 3.27. The van der Waals surface area contributed by atoms with Gasteiger partial charge in [0, 0.05) is 18.9 Å². The molecule has 0 aliphatic carbocycles. The van der Waals surface area contributed by atoms with Crippen LogP contribution in [0.4, 0.5) is 0 Å². The fourth-order valence-corrected chi connectivity index (χ4v) is 1.98. The van der Waals surface area contributed by atoms with Crippen LogP contribution in [0, 0.1) is 0 Å². The van der Waals surface area contributed by atoms with Crippen LogP contribution in [0.3, 0.4) is 0 Å². The number of aromatic nitrogens is 2. The van der Waals surface area contributed by atoms with Crippen LogP contribution in [0.2, 0.25) is 0 Å². The van der Waals surface area contributed by atoms with Gasteiger partial charge in [-0.3, -0.25) is 0 Å². The summed E-state index contributed by atoms with van der Waals surface area (Å²) in [6.07, 6.45) is 10.5. The van der Waals surface area contributed by atoms with Gasteiger partial charge in [0.05, 0.1) is 6.33 Å². The van der Waals surface area contributed by atoms with Gasteiger partial charge in [0.25, 0.3) is 0 Å². The number of unbranched alkanes of at least 4 members (excludes halogenated alkanes) is 1. The molecule has 90 valence electrons. The predicted molar refractivity (Wildman–Crippen MR) is 71.0 cm³/mol. The monoisotopic (exact) mass is 228 g/mol. The van der Waals surface area contributed by atoms with Gasteiger partial charge in [0.2, 0.25) is 0 Å². The zero-order valence-electron chi connectivity index (χ0n) is 10.5. The van der Waals surface area contributed by atoms with Gasteiger partial charge in [-0.05, 0) is 36.8 Å². The molecule has 0 N–H and O–H groups in total. The van der Waals surface area contributed by atoms with E-state index in [-0.39, 0.29) is 0 Å². The van der Waals surface area contributed by atoms with Crippen LogP contribution in [0.1, 0.15) is 30.9 Å². The Hall–Kier alpha value is -1.57. The molecule has 2 aromatic rings. The molecule has 1 heterocycles. The molecule has 0 unspecified atom stereocenters. The fourth-order valence-electron chi connectivity index (χ4n) is 1.98. The van der Waals surface area contributed by atoms with E-state index < -0.39 is 0 Å². The standard InChI is InChI=1S/C15H20N2/c1-2-14-6-8-15(9-7-14)5-3-4-11-17-12-10-16-13-17/h6-10,12-13H,2-5,11H2,1H3. The number of aryl methyl sites for hydroxylation is 3. The minimum atomic E-state index is 1.08. The summed E-state index contributed by atoms with van der Waals surface area (Å²) in [6, 6.07) is 9.00. The third-order valence-electron chi connectivity index (χ3n) is 3.12. The summed E-state index contributed by atoms with van der Waals surface area (Å²) in [4.78, 5) is 4.04. The maximum absolute atomic E-state index is 4.04. The lowest BCUT2D eigenvalue weighted by molar-refractivity contribution is 0.609. The average Bonchev–Trinajstić information content (AvgIpc) is 2.88. The van der Waals surface area contributed by atoms with E-state index >= 15 is 0 Å². The molecule has 0 bridgehead atoms. The third kappa shape index (κ3) is 3.74. The van der Waals surface area contributed by atoms with E-state index in [0.717, 1.165) is 13.0 Å². The van der Waals surface area contributed by atoms with E-state index in [9.17, 15) is 0 Å². The van der Waals surface area contributed by atoms with Crippen LogP contribution in [0.15, 0.2) is 43.0 Å². The lowest BCUT2D eigenvalue weighted by Gasteiger charge is -2.04. The van der Waals surface area contributed by atoms with Gasteiger partial charge in [-0.1, -0.05) is 31.2 Å². The summed E-state index contributed by atoms with van der Waals surface area (Å²) in [5.41, 5.74) is 2.87. The minimum Gasteiger partial charge on any atom is -0.337 e. The van der Waals surface area contributed by atoms with Gasteiger partial charge in [-0.2, -0.15) is 0 Å². The number of hydrogen-bond acceptors (Lipinski definition) is 1. The molecular weight excluding hydrogens is 208 g/mol. The van der Waals surface area contributed by atoms with E-state index in [1.54, 1.807) is 0 Å². The Labute approximate surface area is 103 Å². The topological polar surface area (TPSA) is 17.8 Å². The largest absolute Gasteiger partial charge is 0.337 e. The molecule has 0 spiro atoms. The van der Waals surface area contributed by atoms with Crippen LogP contribution in [-0.4, -0.2) is 9.55 Å². The van der Waals surface area contributed by atoms with E-state index in [4.69, 9.17) is 0 Å². The first kappa shape index (κ1) is 11.9. The minimum absolute atomic E-state index is 1.08. The van der Waals surface area contributed by atoms with Crippen molar-refractivity contribution >= 4 is 0 Å². The molecule has 0 aliphatic rings. The van der Waals surface area contributed by atoms with E-state index in [1.807, 2.05) is 18.7 Å². The lowest BCUT2D eigenvalue weighted by atomic mass is 10.1. The van der Waals surface area contributed by atoms with Crippen molar-refractivity contribution in [2.24, 2.45) is 0 Å². The number of rotatable bonds is 6. The lowest BCUT2D eigenvalue weighted by Crippen LogP contribution is -1.95. The van der Waals surface area contributed by atoms with Gasteiger partial charge in [-0.25, -0.2) is 4.98 Å². The van der Waals surface area contributed by atoms with Crippen LogP contribution in [0.5, 0.6) is 0 Å². The molecule has 17 heavy (non-hydrogen) atoms. The normalized spacial score (nSPS) is 10.6. The van der Waals surface area contributed by atoms with Crippen molar-refractivity contribution in [2.45, 2.75) is 39.2 Å². The van der Waals surface area contributed by atoms with Crippen molar-refractivity contribution in [3.8, 4) is 0 Å². The van der Waals surface area contributed by atoms with Crippen LogP contribution in [-0.2, 0) is 19.4 Å². The van der Waals surface area contributed by atoms with Crippen molar-refractivity contribution in [1.29, 1.82) is 0 Å². The molecule has 0 saturated carbocycles. The number of hydrogen-bond donors (Lipinski definition) is 0. The second kappa shape index (κ2) is 6.24. The third-order valence-corrected chi connectivity index (χ3v) is 3.12. The number of benzene rings is 1. The summed E-state index contributed by atoms with van der Waals surface area (Å²) in [7, 11) is 0. The smallest absolute Gasteiger partial charge is 0.0945 e. The Bertz CT molecular complexity index is 415. The van der Waals surface area contributed by atoms with Gasteiger partial charge < -0.3 is 4.57 Å². The molecule has 2 nitrogen and oxygen atoms in total. The highest BCUT2D eigenvalue weighted by molar-refractivity contribution is 5.22. The SMILES string of the molecule is CCc1ccc(CCCCn2ccnc2)cc1. The van der Waals surface area contributed by atoms with Crippen molar-refractivity contribution in [3.05, 3.63) is 54.1 Å². The van der Waals surface area contributed by atoms with Crippen LogP contribution >= 0.6 is 0 Å². The van der Waals surface area contributed by atoms with Crippen molar-refractivity contribution in [1.82, 2.24) is 9.55 Å². The van der Waals surface area contributed by atoms with E-state index in [0.29, 0.717) is 0 Å². The summed E-state index contributed by atoms with van der Waals surface area (Å²) < 4.78 is 2.14. The number of nitrogens with zero attached hydrogens (tertiary/aromatic N) is 2. The molecule has 0 saturated heterocycles. The van der Waals surface area contributed by atoms with E-state index in [2.05, 4.69) is 40.7 Å². The van der Waals surface area contributed by atoms with Gasteiger partial charge in [0.1, 0.15) is 0 Å². The molecule has 0 amide bonds. The Morgan fingerprint density at radius 2 is 1.82 bits per heavy atom. The highest BCUT2D eigenvalue weighted by Crippen LogP contribution is 2.09. The molecule has 0 aliphatic heterocycles. The summed E-state index contributed by atoms with van der Waals surface area (Å²) >= 11 is 0. The van der Waals surface area contributed by atoms with Crippen molar-refractivity contribution in [3.63, 3.8) is 0 Å². The Kier molecular flexibility index (Phi) is 4.37. The Morgan fingerprint density at radius 1 is 1.06 bits per heavy atom. The summed E-state index contributed by atoms with van der Waals surface area (Å²) in [5, 5.41) is 0. The molecule has 2 heteroatoms. The highest BCUT2D eigenvalue weighted by atomic mass is 15.0.